The molecule has 0 aliphatic heterocycles. The average Bonchev–Trinajstić information content (AvgIpc) is 3.30. The van der Waals surface area contributed by atoms with Crippen molar-refractivity contribution < 1.29 is 24.2 Å². The Kier molecular flexibility index (Phi) is 6.46. The molecule has 0 aliphatic carbocycles. The van der Waals surface area contributed by atoms with Crippen molar-refractivity contribution in [2.24, 2.45) is 0 Å². The topological polar surface area (TPSA) is 144 Å². The summed E-state index contributed by atoms with van der Waals surface area (Å²) >= 11 is 0. The summed E-state index contributed by atoms with van der Waals surface area (Å²) in [5, 5.41) is 24.5. The van der Waals surface area contributed by atoms with E-state index >= 15 is 0 Å². The summed E-state index contributed by atoms with van der Waals surface area (Å²) in [6, 6.07) is 19.9. The van der Waals surface area contributed by atoms with E-state index in [0.717, 1.165) is 5.56 Å². The minimum Gasteiger partial charge on any atom is -0.496 e. The van der Waals surface area contributed by atoms with Crippen molar-refractivity contribution in [2.75, 3.05) is 17.7 Å². The Labute approximate surface area is 200 Å². The number of nitriles is 1. The number of carbonyl (C=O) groups is 3. The first kappa shape index (κ1) is 23.1. The number of benzene rings is 3. The number of nitrogens with zero attached hydrogens (tertiary/aromatic N) is 1. The number of H-pyrrole nitrogens is 1. The van der Waals surface area contributed by atoms with Gasteiger partial charge in [0.15, 0.2) is 0 Å². The molecular formula is C26H20N4O5. The van der Waals surface area contributed by atoms with E-state index in [0.29, 0.717) is 22.3 Å². The number of hydrogen-bond acceptors (Lipinski definition) is 5. The fraction of sp³-hybridized carbons (Fsp3) is 0.0769. The van der Waals surface area contributed by atoms with Crippen LogP contribution in [0.1, 0.15) is 32.0 Å². The first-order valence-electron chi connectivity index (χ1n) is 10.5. The number of anilines is 2. The number of aromatic carboxylic acids is 1. The van der Waals surface area contributed by atoms with Gasteiger partial charge >= 0.3 is 5.97 Å². The summed E-state index contributed by atoms with van der Waals surface area (Å²) in [6.45, 7) is 0. The number of nitrogens with one attached hydrogen (secondary N) is 3. The van der Waals surface area contributed by atoms with Gasteiger partial charge < -0.3 is 25.5 Å². The molecular weight excluding hydrogens is 448 g/mol. The second kappa shape index (κ2) is 9.80. The summed E-state index contributed by atoms with van der Waals surface area (Å²) in [6.07, 6.45) is 0.102. The summed E-state index contributed by atoms with van der Waals surface area (Å²) in [4.78, 5) is 40.1. The van der Waals surface area contributed by atoms with E-state index in [4.69, 9.17) is 10.00 Å². The number of amides is 2. The molecule has 2 amide bonds. The van der Waals surface area contributed by atoms with Gasteiger partial charge in [-0.15, -0.1) is 0 Å². The highest BCUT2D eigenvalue weighted by Crippen LogP contribution is 2.26. The lowest BCUT2D eigenvalue weighted by Crippen LogP contribution is -2.16. The third-order valence-electron chi connectivity index (χ3n) is 5.35. The highest BCUT2D eigenvalue weighted by molar-refractivity contribution is 6.10. The van der Waals surface area contributed by atoms with E-state index in [1.54, 1.807) is 37.4 Å². The Bertz CT molecular complexity index is 1500. The zero-order valence-corrected chi connectivity index (χ0v) is 18.6. The Hall–Kier alpha value is -5.10. The van der Waals surface area contributed by atoms with Gasteiger partial charge in [-0.1, -0.05) is 30.3 Å². The second-order valence-electron chi connectivity index (χ2n) is 7.62. The zero-order chi connectivity index (χ0) is 24.9. The van der Waals surface area contributed by atoms with E-state index in [-0.39, 0.29) is 34.8 Å². The molecule has 4 rings (SSSR count). The number of fused-ring (bicyclic) bond motifs is 1. The molecule has 0 spiro atoms. The number of carbonyl (C=O) groups excluding carboxylic acids is 2. The molecule has 0 fully saturated rings. The molecule has 0 aliphatic rings. The van der Waals surface area contributed by atoms with Gasteiger partial charge in [0.05, 0.1) is 47.6 Å². The summed E-state index contributed by atoms with van der Waals surface area (Å²) < 4.78 is 5.30. The fourth-order valence-corrected chi connectivity index (χ4v) is 3.69. The van der Waals surface area contributed by atoms with Crippen LogP contribution in [-0.2, 0) is 11.2 Å². The number of ether oxygens (including phenoxy) is 1. The number of hydrogen-bond donors (Lipinski definition) is 4. The number of methoxy groups -OCH3 is 1. The molecule has 0 radical (unpaired) electrons. The first-order valence-corrected chi connectivity index (χ1v) is 10.5. The number of rotatable bonds is 7. The van der Waals surface area contributed by atoms with Gasteiger partial charge in [0, 0.05) is 10.9 Å². The Morgan fingerprint density at radius 2 is 1.80 bits per heavy atom. The first-order chi connectivity index (χ1) is 16.9. The average molecular weight is 468 g/mol. The predicted molar refractivity (Wildman–Crippen MR) is 130 cm³/mol. The molecule has 9 heteroatoms. The Morgan fingerprint density at radius 3 is 2.54 bits per heavy atom. The van der Waals surface area contributed by atoms with Crippen LogP contribution in [0.2, 0.25) is 0 Å². The highest BCUT2D eigenvalue weighted by atomic mass is 16.5. The maximum Gasteiger partial charge on any atom is 0.337 e. The lowest BCUT2D eigenvalue weighted by molar-refractivity contribution is -0.115. The van der Waals surface area contributed by atoms with Crippen molar-refractivity contribution in [3.8, 4) is 11.8 Å². The lowest BCUT2D eigenvalue weighted by Gasteiger charge is -2.10. The van der Waals surface area contributed by atoms with Crippen LogP contribution < -0.4 is 15.4 Å². The number of carboxylic acids is 1. The third kappa shape index (κ3) is 4.96. The maximum atomic E-state index is 12.9. The molecule has 0 saturated heterocycles. The number of para-hydroxylation sites is 2. The predicted octanol–water partition coefficient (Wildman–Crippen LogP) is 4.18. The summed E-state index contributed by atoms with van der Waals surface area (Å²) in [5.41, 5.74) is 1.98. The smallest absolute Gasteiger partial charge is 0.337 e. The molecule has 35 heavy (non-hydrogen) atoms. The quantitative estimate of drug-likeness (QED) is 0.320. The van der Waals surface area contributed by atoms with Crippen LogP contribution in [0, 0.1) is 11.3 Å². The zero-order valence-electron chi connectivity index (χ0n) is 18.6. The molecule has 0 atom stereocenters. The summed E-state index contributed by atoms with van der Waals surface area (Å²) in [5.74, 6) is -1.48. The monoisotopic (exact) mass is 468 g/mol. The molecule has 0 saturated carbocycles. The molecule has 0 unspecified atom stereocenters. The van der Waals surface area contributed by atoms with Crippen LogP contribution in [0.5, 0.6) is 5.75 Å². The van der Waals surface area contributed by atoms with Crippen molar-refractivity contribution in [1.82, 2.24) is 4.98 Å². The molecule has 1 heterocycles. The van der Waals surface area contributed by atoms with E-state index < -0.39 is 11.9 Å². The van der Waals surface area contributed by atoms with Crippen LogP contribution in [0.3, 0.4) is 0 Å². The van der Waals surface area contributed by atoms with Gasteiger partial charge in [0.2, 0.25) is 5.91 Å². The van der Waals surface area contributed by atoms with Crippen molar-refractivity contribution in [3.63, 3.8) is 0 Å². The molecule has 4 aromatic rings. The van der Waals surface area contributed by atoms with Crippen molar-refractivity contribution in [1.29, 1.82) is 5.26 Å². The van der Waals surface area contributed by atoms with Crippen molar-refractivity contribution >= 4 is 40.1 Å². The largest absolute Gasteiger partial charge is 0.496 e. The molecule has 174 valence electrons. The van der Waals surface area contributed by atoms with Crippen LogP contribution in [0.25, 0.3) is 10.9 Å². The minimum atomic E-state index is -1.27. The van der Waals surface area contributed by atoms with Gasteiger partial charge in [-0.25, -0.2) is 4.79 Å². The normalized spacial score (nSPS) is 10.4. The van der Waals surface area contributed by atoms with E-state index in [9.17, 15) is 19.5 Å². The van der Waals surface area contributed by atoms with Gasteiger partial charge in [-0.05, 0) is 36.4 Å². The van der Waals surface area contributed by atoms with Crippen LogP contribution >= 0.6 is 0 Å². The molecule has 9 nitrogen and oxygen atoms in total. The Balaban J connectivity index is 1.56. The Morgan fingerprint density at radius 1 is 1.00 bits per heavy atom. The third-order valence-corrected chi connectivity index (χ3v) is 5.35. The lowest BCUT2D eigenvalue weighted by atomic mass is 10.1. The van der Waals surface area contributed by atoms with Crippen molar-refractivity contribution in [3.05, 3.63) is 89.1 Å². The molecule has 3 aromatic carbocycles. The van der Waals surface area contributed by atoms with Gasteiger partial charge in [-0.3, -0.25) is 9.59 Å². The van der Waals surface area contributed by atoms with Crippen LogP contribution in [0.15, 0.2) is 66.7 Å². The van der Waals surface area contributed by atoms with Crippen LogP contribution in [0.4, 0.5) is 11.4 Å². The van der Waals surface area contributed by atoms with E-state index in [2.05, 4.69) is 15.6 Å². The van der Waals surface area contributed by atoms with Gasteiger partial charge in [-0.2, -0.15) is 5.26 Å². The van der Waals surface area contributed by atoms with E-state index in [1.165, 1.54) is 18.2 Å². The standard InChI is InChI=1S/C26H20N4O5/c1-35-22-8-3-2-5-16(22)13-23(31)28-20-7-4-6-17-12-21(29-24(17)20)25(32)30-19-10-9-15(14-27)11-18(19)26(33)34/h2-12,29H,13H2,1H3,(H,28,31)(H,30,32)(H,33,34). The van der Waals surface area contributed by atoms with Gasteiger partial charge in [0.25, 0.3) is 5.91 Å². The van der Waals surface area contributed by atoms with Gasteiger partial charge in [0.1, 0.15) is 11.4 Å². The number of aromatic amines is 1. The fourth-order valence-electron chi connectivity index (χ4n) is 3.69. The molecule has 1 aromatic heterocycles. The minimum absolute atomic E-state index is 0.0606. The van der Waals surface area contributed by atoms with Crippen molar-refractivity contribution in [2.45, 2.75) is 6.42 Å². The number of carboxylic acid groups (broad SMARTS) is 1. The second-order valence-corrected chi connectivity index (χ2v) is 7.62. The molecule has 0 bridgehead atoms. The van der Waals surface area contributed by atoms with Crippen LogP contribution in [-0.4, -0.2) is 35.0 Å². The van der Waals surface area contributed by atoms with E-state index in [1.807, 2.05) is 24.3 Å². The highest BCUT2D eigenvalue weighted by Gasteiger charge is 2.17. The summed E-state index contributed by atoms with van der Waals surface area (Å²) in [7, 11) is 1.54. The molecule has 4 N–H and O–H groups in total. The SMILES string of the molecule is COc1ccccc1CC(=O)Nc1cccc2cc(C(=O)Nc3ccc(C#N)cc3C(=O)O)[nH]c12. The number of aromatic nitrogens is 1. The maximum absolute atomic E-state index is 12.9.